The first kappa shape index (κ1) is 11.7. The average molecular weight is 218 g/mol. The fourth-order valence-electron chi connectivity index (χ4n) is 2.86. The summed E-state index contributed by atoms with van der Waals surface area (Å²) in [6.07, 6.45) is 2.70. The first-order valence-electron chi connectivity index (χ1n) is 6.27. The van der Waals surface area contributed by atoms with Crippen molar-refractivity contribution in [3.05, 3.63) is 34.4 Å². The van der Waals surface area contributed by atoms with Gasteiger partial charge < -0.3 is 4.74 Å². The van der Waals surface area contributed by atoms with Crippen LogP contribution >= 0.6 is 0 Å². The van der Waals surface area contributed by atoms with E-state index in [9.17, 15) is 0 Å². The average Bonchev–Trinajstić information content (AvgIpc) is 2.15. The minimum atomic E-state index is 0.323. The third kappa shape index (κ3) is 2.30. The van der Waals surface area contributed by atoms with E-state index in [4.69, 9.17) is 4.74 Å². The van der Waals surface area contributed by atoms with E-state index in [1.165, 1.54) is 35.1 Å². The lowest BCUT2D eigenvalue weighted by Crippen LogP contribution is -2.19. The fourth-order valence-corrected chi connectivity index (χ4v) is 2.86. The monoisotopic (exact) mass is 218 g/mol. The third-order valence-corrected chi connectivity index (χ3v) is 3.61. The Balaban J connectivity index is 2.32. The van der Waals surface area contributed by atoms with Gasteiger partial charge in [-0.1, -0.05) is 24.6 Å². The minimum Gasteiger partial charge on any atom is -0.373 e. The van der Waals surface area contributed by atoms with Crippen molar-refractivity contribution < 1.29 is 4.74 Å². The Kier molecular flexibility index (Phi) is 3.34. The zero-order valence-electron chi connectivity index (χ0n) is 10.8. The summed E-state index contributed by atoms with van der Waals surface area (Å²) in [7, 11) is 0. The van der Waals surface area contributed by atoms with Gasteiger partial charge >= 0.3 is 0 Å². The van der Waals surface area contributed by atoms with Crippen molar-refractivity contribution >= 4 is 0 Å². The van der Waals surface area contributed by atoms with E-state index in [-0.39, 0.29) is 0 Å². The smallest absolute Gasteiger partial charge is 0.0832 e. The van der Waals surface area contributed by atoms with Crippen LogP contribution < -0.4 is 0 Å². The number of aryl methyl sites for hydroxylation is 3. The quantitative estimate of drug-likeness (QED) is 0.689. The van der Waals surface area contributed by atoms with E-state index in [1.807, 2.05) is 0 Å². The summed E-state index contributed by atoms with van der Waals surface area (Å²) in [5.41, 5.74) is 5.55. The molecule has 0 N–H and O–H groups in total. The highest BCUT2D eigenvalue weighted by atomic mass is 16.5. The number of rotatable bonds is 1. The summed E-state index contributed by atoms with van der Waals surface area (Å²) < 4.78 is 5.94. The van der Waals surface area contributed by atoms with E-state index in [0.29, 0.717) is 6.10 Å². The van der Waals surface area contributed by atoms with Gasteiger partial charge in [-0.25, -0.2) is 0 Å². The topological polar surface area (TPSA) is 9.23 Å². The number of hydrogen-bond acceptors (Lipinski definition) is 1. The van der Waals surface area contributed by atoms with Gasteiger partial charge in [0.25, 0.3) is 0 Å². The van der Waals surface area contributed by atoms with E-state index in [1.54, 1.807) is 0 Å². The first-order chi connectivity index (χ1) is 7.58. The molecule has 2 unspecified atom stereocenters. The minimum absolute atomic E-state index is 0.323. The molecular weight excluding hydrogens is 196 g/mol. The summed E-state index contributed by atoms with van der Waals surface area (Å²) in [6.45, 7) is 9.82. The van der Waals surface area contributed by atoms with Crippen LogP contribution in [0.3, 0.4) is 0 Å². The lowest BCUT2D eigenvalue weighted by atomic mass is 9.88. The predicted octanol–water partition coefficient (Wildman–Crippen LogP) is 4.10. The molecule has 1 aliphatic heterocycles. The molecule has 16 heavy (non-hydrogen) atoms. The standard InChI is InChI=1S/C15H22O/c1-10-5-6-16-14(9-10)15-12(3)7-11(2)8-13(15)4/h7-8,10,14H,5-6,9H2,1-4H3. The van der Waals surface area contributed by atoms with Crippen molar-refractivity contribution in [3.63, 3.8) is 0 Å². The predicted molar refractivity (Wildman–Crippen MR) is 67.7 cm³/mol. The van der Waals surface area contributed by atoms with Gasteiger partial charge in [0.15, 0.2) is 0 Å². The van der Waals surface area contributed by atoms with Gasteiger partial charge in [-0.05, 0) is 56.2 Å². The molecule has 1 fully saturated rings. The highest BCUT2D eigenvalue weighted by Gasteiger charge is 2.23. The zero-order valence-corrected chi connectivity index (χ0v) is 10.8. The molecule has 1 heterocycles. The largest absolute Gasteiger partial charge is 0.373 e. The summed E-state index contributed by atoms with van der Waals surface area (Å²) in [6, 6.07) is 4.54. The van der Waals surface area contributed by atoms with Crippen LogP contribution in [-0.2, 0) is 4.74 Å². The van der Waals surface area contributed by atoms with E-state index >= 15 is 0 Å². The Morgan fingerprint density at radius 3 is 2.31 bits per heavy atom. The molecule has 0 bridgehead atoms. The summed E-state index contributed by atoms with van der Waals surface area (Å²) in [5, 5.41) is 0. The van der Waals surface area contributed by atoms with E-state index in [0.717, 1.165) is 12.5 Å². The molecule has 1 heteroatoms. The van der Waals surface area contributed by atoms with Crippen LogP contribution in [0.2, 0.25) is 0 Å². The Labute approximate surface area is 98.8 Å². The van der Waals surface area contributed by atoms with Crippen molar-refractivity contribution in [1.82, 2.24) is 0 Å². The van der Waals surface area contributed by atoms with Crippen LogP contribution in [0.15, 0.2) is 12.1 Å². The normalized spacial score (nSPS) is 25.8. The fraction of sp³-hybridized carbons (Fsp3) is 0.600. The molecule has 1 aromatic rings. The molecule has 1 aromatic carbocycles. The maximum Gasteiger partial charge on any atom is 0.0832 e. The number of ether oxygens (including phenoxy) is 1. The molecule has 2 atom stereocenters. The van der Waals surface area contributed by atoms with E-state index < -0.39 is 0 Å². The summed E-state index contributed by atoms with van der Waals surface area (Å²) in [4.78, 5) is 0. The molecule has 0 saturated carbocycles. The molecule has 0 spiro atoms. The Bertz CT molecular complexity index is 358. The molecule has 1 aliphatic rings. The molecule has 1 nitrogen and oxygen atoms in total. The lowest BCUT2D eigenvalue weighted by molar-refractivity contribution is -0.00700. The molecule has 0 aromatic heterocycles. The van der Waals surface area contributed by atoms with Gasteiger partial charge in [0, 0.05) is 6.61 Å². The van der Waals surface area contributed by atoms with Gasteiger partial charge in [-0.2, -0.15) is 0 Å². The SMILES string of the molecule is Cc1cc(C)c(C2CC(C)CCO2)c(C)c1. The van der Waals surface area contributed by atoms with Gasteiger partial charge in [0.2, 0.25) is 0 Å². The van der Waals surface area contributed by atoms with Crippen LogP contribution in [0.25, 0.3) is 0 Å². The maximum atomic E-state index is 5.94. The highest BCUT2D eigenvalue weighted by molar-refractivity contribution is 5.39. The van der Waals surface area contributed by atoms with Gasteiger partial charge in [-0.3, -0.25) is 0 Å². The second-order valence-electron chi connectivity index (χ2n) is 5.30. The second kappa shape index (κ2) is 4.58. The summed E-state index contributed by atoms with van der Waals surface area (Å²) in [5.74, 6) is 0.791. The lowest BCUT2D eigenvalue weighted by Gasteiger charge is -2.30. The van der Waals surface area contributed by atoms with Crippen molar-refractivity contribution in [3.8, 4) is 0 Å². The molecule has 0 aliphatic carbocycles. The highest BCUT2D eigenvalue weighted by Crippen LogP contribution is 2.35. The molecule has 88 valence electrons. The number of benzene rings is 1. The number of hydrogen-bond donors (Lipinski definition) is 0. The molecule has 1 saturated heterocycles. The molecule has 0 amide bonds. The molecule has 2 rings (SSSR count). The van der Waals surface area contributed by atoms with Crippen LogP contribution in [0.1, 0.15) is 48.1 Å². The Hall–Kier alpha value is -0.820. The van der Waals surface area contributed by atoms with Crippen LogP contribution in [0.4, 0.5) is 0 Å². The van der Waals surface area contributed by atoms with Crippen LogP contribution in [-0.4, -0.2) is 6.61 Å². The first-order valence-corrected chi connectivity index (χ1v) is 6.27. The Morgan fingerprint density at radius 2 is 1.75 bits per heavy atom. The van der Waals surface area contributed by atoms with Crippen LogP contribution in [0, 0.1) is 26.7 Å². The maximum absolute atomic E-state index is 5.94. The zero-order chi connectivity index (χ0) is 11.7. The molecular formula is C15H22O. The van der Waals surface area contributed by atoms with Gasteiger partial charge in [0.1, 0.15) is 0 Å². The van der Waals surface area contributed by atoms with Crippen molar-refractivity contribution in [2.45, 2.75) is 46.6 Å². The van der Waals surface area contributed by atoms with Gasteiger partial charge in [-0.15, -0.1) is 0 Å². The van der Waals surface area contributed by atoms with E-state index in [2.05, 4.69) is 39.8 Å². The van der Waals surface area contributed by atoms with Crippen molar-refractivity contribution in [2.75, 3.05) is 6.61 Å². The third-order valence-electron chi connectivity index (χ3n) is 3.61. The van der Waals surface area contributed by atoms with Gasteiger partial charge in [0.05, 0.1) is 6.10 Å². The Morgan fingerprint density at radius 1 is 1.12 bits per heavy atom. The van der Waals surface area contributed by atoms with Crippen molar-refractivity contribution in [1.29, 1.82) is 0 Å². The summed E-state index contributed by atoms with van der Waals surface area (Å²) >= 11 is 0. The van der Waals surface area contributed by atoms with Crippen LogP contribution in [0.5, 0.6) is 0 Å². The second-order valence-corrected chi connectivity index (χ2v) is 5.30. The molecule has 0 radical (unpaired) electrons. The van der Waals surface area contributed by atoms with Crippen molar-refractivity contribution in [2.24, 2.45) is 5.92 Å².